The molecule has 2 atom stereocenters. The van der Waals surface area contributed by atoms with Crippen LogP contribution in [0, 0.1) is 17.2 Å². The molecule has 3 rings (SSSR count). The van der Waals surface area contributed by atoms with E-state index in [2.05, 4.69) is 4.98 Å². The summed E-state index contributed by atoms with van der Waals surface area (Å²) in [6.45, 7) is 1.27. The highest BCUT2D eigenvalue weighted by Gasteiger charge is 2.47. The van der Waals surface area contributed by atoms with Gasteiger partial charge in [-0.15, -0.1) is 0 Å². The monoisotopic (exact) mass is 374 g/mol. The van der Waals surface area contributed by atoms with Crippen LogP contribution in [0.3, 0.4) is 0 Å². The van der Waals surface area contributed by atoms with E-state index in [9.17, 15) is 21.6 Å². The summed E-state index contributed by atoms with van der Waals surface area (Å²) < 4.78 is 62.9. The Balaban J connectivity index is 1.70. The quantitative estimate of drug-likeness (QED) is 0.802. The van der Waals surface area contributed by atoms with E-state index in [1.807, 2.05) is 11.0 Å². The van der Waals surface area contributed by atoms with Crippen molar-refractivity contribution >= 4 is 15.8 Å². The Hall–Kier alpha value is -1.86. The van der Waals surface area contributed by atoms with Crippen molar-refractivity contribution in [1.82, 2.24) is 9.29 Å². The second-order valence-electron chi connectivity index (χ2n) is 6.33. The molecule has 2 aliphatic rings. The number of nitrogens with zero attached hydrogens (tertiary/aromatic N) is 4. The zero-order valence-corrected chi connectivity index (χ0v) is 14.1. The van der Waals surface area contributed by atoms with E-state index in [0.29, 0.717) is 30.9 Å². The van der Waals surface area contributed by atoms with Gasteiger partial charge in [0, 0.05) is 31.9 Å². The van der Waals surface area contributed by atoms with Gasteiger partial charge in [0.2, 0.25) is 10.0 Å². The number of rotatable bonds is 4. The third kappa shape index (κ3) is 3.88. The molecular formula is C15H17F3N4O2S. The maximum absolute atomic E-state index is 12.4. The number of halogens is 3. The zero-order chi connectivity index (χ0) is 18.2. The molecule has 1 aromatic rings. The molecule has 0 spiro atoms. The summed E-state index contributed by atoms with van der Waals surface area (Å²) in [5.41, 5.74) is 0.430. The van der Waals surface area contributed by atoms with Gasteiger partial charge in [-0.1, -0.05) is 0 Å². The van der Waals surface area contributed by atoms with Crippen LogP contribution in [-0.4, -0.2) is 55.3 Å². The highest BCUT2D eigenvalue weighted by Crippen LogP contribution is 2.36. The Morgan fingerprint density at radius 1 is 1.32 bits per heavy atom. The van der Waals surface area contributed by atoms with Crippen LogP contribution in [0.4, 0.5) is 19.0 Å². The molecule has 136 valence electrons. The van der Waals surface area contributed by atoms with E-state index in [4.69, 9.17) is 5.26 Å². The third-order valence-corrected chi connectivity index (χ3v) is 6.59. The van der Waals surface area contributed by atoms with E-state index in [1.54, 1.807) is 12.1 Å². The van der Waals surface area contributed by atoms with Crippen LogP contribution in [0.2, 0.25) is 0 Å². The minimum absolute atomic E-state index is 0.0816. The Bertz CT molecular complexity index is 773. The standard InChI is InChI=1S/C15H17F3N4O2S/c16-15(17,18)4-6-25(23,24)22-5-3-12-9-21(10-13(12)22)14-2-1-11(7-19)8-20-14/h1-2,8,12-13H,3-6,9-10H2. The van der Waals surface area contributed by atoms with Crippen LogP contribution in [-0.2, 0) is 10.0 Å². The topological polar surface area (TPSA) is 77.3 Å². The average molecular weight is 374 g/mol. The van der Waals surface area contributed by atoms with Gasteiger partial charge in [0.05, 0.1) is 17.7 Å². The number of aromatic nitrogens is 1. The number of nitriles is 1. The number of pyridine rings is 1. The summed E-state index contributed by atoms with van der Waals surface area (Å²) in [6.07, 6.45) is -3.74. The van der Waals surface area contributed by atoms with E-state index in [1.165, 1.54) is 10.5 Å². The van der Waals surface area contributed by atoms with Crippen molar-refractivity contribution in [1.29, 1.82) is 5.26 Å². The maximum Gasteiger partial charge on any atom is 0.390 e. The van der Waals surface area contributed by atoms with Gasteiger partial charge in [-0.25, -0.2) is 13.4 Å². The van der Waals surface area contributed by atoms with Crippen molar-refractivity contribution in [3.63, 3.8) is 0 Å². The molecule has 0 radical (unpaired) electrons. The van der Waals surface area contributed by atoms with Crippen LogP contribution in [0.1, 0.15) is 18.4 Å². The van der Waals surface area contributed by atoms with Gasteiger partial charge < -0.3 is 4.90 Å². The van der Waals surface area contributed by atoms with Crippen LogP contribution < -0.4 is 4.90 Å². The largest absolute Gasteiger partial charge is 0.390 e. The fraction of sp³-hybridized carbons (Fsp3) is 0.600. The Morgan fingerprint density at radius 2 is 2.08 bits per heavy atom. The lowest BCUT2D eigenvalue weighted by atomic mass is 10.1. The predicted octanol–water partition coefficient (Wildman–Crippen LogP) is 1.75. The first kappa shape index (κ1) is 17.9. The van der Waals surface area contributed by atoms with Crippen molar-refractivity contribution in [3.8, 4) is 6.07 Å². The molecule has 2 fully saturated rings. The summed E-state index contributed by atoms with van der Waals surface area (Å²) in [6, 6.07) is 4.98. The third-order valence-electron chi connectivity index (χ3n) is 4.70. The van der Waals surface area contributed by atoms with Crippen molar-refractivity contribution < 1.29 is 21.6 Å². The van der Waals surface area contributed by atoms with Crippen molar-refractivity contribution in [2.75, 3.05) is 30.3 Å². The average Bonchev–Trinajstić information content (AvgIpc) is 3.13. The number of alkyl halides is 3. The van der Waals surface area contributed by atoms with Crippen LogP contribution in [0.5, 0.6) is 0 Å². The number of hydrogen-bond donors (Lipinski definition) is 0. The van der Waals surface area contributed by atoms with Gasteiger partial charge in [0.25, 0.3) is 0 Å². The number of anilines is 1. The molecule has 2 unspecified atom stereocenters. The molecule has 0 N–H and O–H groups in total. The Labute approximate surface area is 143 Å². The number of hydrogen-bond acceptors (Lipinski definition) is 5. The highest BCUT2D eigenvalue weighted by atomic mass is 32.2. The van der Waals surface area contributed by atoms with E-state index >= 15 is 0 Å². The van der Waals surface area contributed by atoms with Gasteiger partial charge in [0.1, 0.15) is 11.9 Å². The highest BCUT2D eigenvalue weighted by molar-refractivity contribution is 7.89. The molecule has 2 aliphatic heterocycles. The molecule has 6 nitrogen and oxygen atoms in total. The lowest BCUT2D eigenvalue weighted by Crippen LogP contribution is -2.41. The van der Waals surface area contributed by atoms with Crippen molar-refractivity contribution in [2.24, 2.45) is 5.92 Å². The van der Waals surface area contributed by atoms with Gasteiger partial charge in [-0.3, -0.25) is 0 Å². The summed E-state index contributed by atoms with van der Waals surface area (Å²) in [5, 5.41) is 8.80. The number of fused-ring (bicyclic) bond motifs is 1. The maximum atomic E-state index is 12.4. The summed E-state index contributed by atoms with van der Waals surface area (Å²) in [5.74, 6) is -0.186. The van der Waals surface area contributed by atoms with Gasteiger partial charge in [-0.2, -0.15) is 22.7 Å². The molecule has 0 saturated carbocycles. The van der Waals surface area contributed by atoms with Crippen molar-refractivity contribution in [3.05, 3.63) is 23.9 Å². The lowest BCUT2D eigenvalue weighted by molar-refractivity contribution is -0.130. The number of sulfonamides is 1. The minimum atomic E-state index is -4.49. The minimum Gasteiger partial charge on any atom is -0.355 e. The van der Waals surface area contributed by atoms with Crippen LogP contribution in [0.15, 0.2) is 18.3 Å². The van der Waals surface area contributed by atoms with E-state index < -0.39 is 28.4 Å². The van der Waals surface area contributed by atoms with Gasteiger partial charge >= 0.3 is 6.18 Å². The molecule has 2 saturated heterocycles. The molecule has 0 aromatic carbocycles. The first-order valence-corrected chi connectivity index (χ1v) is 9.48. The van der Waals surface area contributed by atoms with Gasteiger partial charge in [-0.05, 0) is 24.5 Å². The van der Waals surface area contributed by atoms with E-state index in [0.717, 1.165) is 0 Å². The smallest absolute Gasteiger partial charge is 0.355 e. The zero-order valence-electron chi connectivity index (χ0n) is 13.3. The summed E-state index contributed by atoms with van der Waals surface area (Å²) in [7, 11) is -3.94. The molecule has 1 aromatic heterocycles. The lowest BCUT2D eigenvalue weighted by Gasteiger charge is -2.25. The first-order chi connectivity index (χ1) is 11.7. The fourth-order valence-corrected chi connectivity index (χ4v) is 5.22. The molecule has 10 heteroatoms. The second-order valence-corrected chi connectivity index (χ2v) is 8.37. The van der Waals surface area contributed by atoms with Crippen LogP contribution >= 0.6 is 0 Å². The molecule has 0 amide bonds. The SMILES string of the molecule is N#Cc1ccc(N2CC3CCN(S(=O)(=O)CCC(F)(F)F)C3C2)nc1. The second kappa shape index (κ2) is 6.46. The van der Waals surface area contributed by atoms with Gasteiger partial charge in [0.15, 0.2) is 0 Å². The van der Waals surface area contributed by atoms with Crippen LogP contribution in [0.25, 0.3) is 0 Å². The predicted molar refractivity (Wildman–Crippen MR) is 84.2 cm³/mol. The Kier molecular flexibility index (Phi) is 4.64. The normalized spacial score (nSPS) is 24.3. The molecule has 0 aliphatic carbocycles. The molecular weight excluding hydrogens is 357 g/mol. The summed E-state index contributed by atoms with van der Waals surface area (Å²) >= 11 is 0. The molecule has 0 bridgehead atoms. The first-order valence-electron chi connectivity index (χ1n) is 7.87. The summed E-state index contributed by atoms with van der Waals surface area (Å²) in [4.78, 5) is 6.12. The fourth-order valence-electron chi connectivity index (χ4n) is 3.46. The molecule has 25 heavy (non-hydrogen) atoms. The Morgan fingerprint density at radius 3 is 2.68 bits per heavy atom. The van der Waals surface area contributed by atoms with Crippen molar-refractivity contribution in [2.45, 2.75) is 25.1 Å². The molecule has 3 heterocycles. The van der Waals surface area contributed by atoms with E-state index in [-0.39, 0.29) is 18.5 Å².